The van der Waals surface area contributed by atoms with E-state index in [-0.39, 0.29) is 11.9 Å². The van der Waals surface area contributed by atoms with Crippen LogP contribution in [0.4, 0.5) is 0 Å². The highest BCUT2D eigenvalue weighted by Gasteiger charge is 2.29. The molecule has 0 N–H and O–H groups in total. The Morgan fingerprint density at radius 2 is 2.32 bits per heavy atom. The number of hydrogen-bond donors (Lipinski definition) is 0. The molecule has 1 aromatic heterocycles. The van der Waals surface area contributed by atoms with Gasteiger partial charge in [0.1, 0.15) is 0 Å². The first-order valence-electron chi connectivity index (χ1n) is 7.09. The van der Waals surface area contributed by atoms with Gasteiger partial charge in [0.25, 0.3) is 0 Å². The molecule has 1 saturated heterocycles. The van der Waals surface area contributed by atoms with Crippen molar-refractivity contribution in [1.82, 2.24) is 14.5 Å². The largest absolute Gasteiger partial charge is 0.469 e. The Morgan fingerprint density at radius 3 is 3.05 bits per heavy atom. The molecule has 5 nitrogen and oxygen atoms in total. The molecular formula is C14H21N3O2. The van der Waals surface area contributed by atoms with E-state index in [2.05, 4.69) is 14.5 Å². The number of piperidine rings is 1. The van der Waals surface area contributed by atoms with Gasteiger partial charge in [0.15, 0.2) is 0 Å². The number of ether oxygens (including phenoxy) is 1. The van der Waals surface area contributed by atoms with Gasteiger partial charge < -0.3 is 9.30 Å². The maximum Gasteiger partial charge on any atom is 0.309 e. The lowest BCUT2D eigenvalue weighted by molar-refractivity contribution is -0.147. The zero-order chi connectivity index (χ0) is 13.2. The van der Waals surface area contributed by atoms with Gasteiger partial charge in [-0.15, -0.1) is 0 Å². The Balaban J connectivity index is 1.62. The minimum atomic E-state index is -0.0691. The summed E-state index contributed by atoms with van der Waals surface area (Å²) in [6, 6.07) is 0.665. The highest BCUT2D eigenvalue weighted by molar-refractivity contribution is 5.72. The quantitative estimate of drug-likeness (QED) is 0.774. The second-order valence-electron chi connectivity index (χ2n) is 5.62. The highest BCUT2D eigenvalue weighted by atomic mass is 16.5. The van der Waals surface area contributed by atoms with E-state index in [1.165, 1.54) is 25.6 Å². The third-order valence-electron chi connectivity index (χ3n) is 4.11. The molecular weight excluding hydrogens is 242 g/mol. The number of likely N-dealkylation sites (tertiary alicyclic amines) is 1. The van der Waals surface area contributed by atoms with Crippen LogP contribution in [0.2, 0.25) is 0 Å². The Kier molecular flexibility index (Phi) is 3.55. The molecule has 2 aliphatic rings. The molecule has 2 heterocycles. The molecule has 0 radical (unpaired) electrons. The number of esters is 1. The molecule has 0 spiro atoms. The van der Waals surface area contributed by atoms with E-state index in [0.717, 1.165) is 32.5 Å². The van der Waals surface area contributed by atoms with Gasteiger partial charge in [0.05, 0.1) is 25.0 Å². The van der Waals surface area contributed by atoms with Gasteiger partial charge in [-0.2, -0.15) is 0 Å². The van der Waals surface area contributed by atoms with Crippen molar-refractivity contribution in [1.29, 1.82) is 0 Å². The molecule has 1 saturated carbocycles. The van der Waals surface area contributed by atoms with Crippen molar-refractivity contribution >= 4 is 5.97 Å². The van der Waals surface area contributed by atoms with Gasteiger partial charge >= 0.3 is 5.97 Å². The lowest BCUT2D eigenvalue weighted by atomic mass is 9.98. The Hall–Kier alpha value is -1.36. The van der Waals surface area contributed by atoms with Gasteiger partial charge in [-0.1, -0.05) is 0 Å². The maximum absolute atomic E-state index is 11.6. The zero-order valence-electron chi connectivity index (χ0n) is 11.4. The molecule has 3 rings (SSSR count). The molecule has 1 aliphatic heterocycles. The summed E-state index contributed by atoms with van der Waals surface area (Å²) in [6.07, 6.45) is 8.46. The minimum absolute atomic E-state index is 0.0380. The van der Waals surface area contributed by atoms with E-state index >= 15 is 0 Å². The average Bonchev–Trinajstić information content (AvgIpc) is 3.19. The first-order valence-corrected chi connectivity index (χ1v) is 7.09. The zero-order valence-corrected chi connectivity index (χ0v) is 11.4. The number of hydrogen-bond acceptors (Lipinski definition) is 4. The summed E-state index contributed by atoms with van der Waals surface area (Å²) in [5.41, 5.74) is 1.27. The van der Waals surface area contributed by atoms with E-state index in [0.29, 0.717) is 6.04 Å². The van der Waals surface area contributed by atoms with Crippen molar-refractivity contribution in [3.63, 3.8) is 0 Å². The smallest absolute Gasteiger partial charge is 0.309 e. The van der Waals surface area contributed by atoms with Crippen LogP contribution in [0.3, 0.4) is 0 Å². The van der Waals surface area contributed by atoms with Crippen molar-refractivity contribution in [2.24, 2.45) is 5.92 Å². The van der Waals surface area contributed by atoms with Gasteiger partial charge in [-0.25, -0.2) is 4.98 Å². The predicted octanol–water partition coefficient (Wildman–Crippen LogP) is 1.60. The Morgan fingerprint density at radius 1 is 1.47 bits per heavy atom. The van der Waals surface area contributed by atoms with E-state index in [4.69, 9.17) is 4.74 Å². The Labute approximate surface area is 113 Å². The van der Waals surface area contributed by atoms with Crippen molar-refractivity contribution in [2.45, 2.75) is 38.3 Å². The van der Waals surface area contributed by atoms with Crippen LogP contribution in [0.25, 0.3) is 0 Å². The van der Waals surface area contributed by atoms with E-state index in [1.54, 1.807) is 0 Å². The first kappa shape index (κ1) is 12.7. The van der Waals surface area contributed by atoms with Crippen LogP contribution >= 0.6 is 0 Å². The number of aromatic nitrogens is 2. The average molecular weight is 263 g/mol. The summed E-state index contributed by atoms with van der Waals surface area (Å²) in [5.74, 6) is -0.0311. The fraction of sp³-hybridized carbons (Fsp3) is 0.714. The molecule has 1 aromatic rings. The van der Waals surface area contributed by atoms with Crippen molar-refractivity contribution in [3.8, 4) is 0 Å². The second-order valence-corrected chi connectivity index (χ2v) is 5.62. The number of nitrogens with zero attached hydrogens (tertiary/aromatic N) is 3. The summed E-state index contributed by atoms with van der Waals surface area (Å²) in [7, 11) is 1.48. The van der Waals surface area contributed by atoms with E-state index in [1.807, 2.05) is 12.5 Å². The number of methoxy groups -OCH3 is 1. The fourth-order valence-electron chi connectivity index (χ4n) is 2.92. The highest BCUT2D eigenvalue weighted by Crippen LogP contribution is 2.36. The van der Waals surface area contributed by atoms with Crippen LogP contribution in [0, 0.1) is 5.92 Å². The maximum atomic E-state index is 11.6. The molecule has 1 aliphatic carbocycles. The molecule has 5 heteroatoms. The molecule has 0 aromatic carbocycles. The first-order chi connectivity index (χ1) is 9.28. The summed E-state index contributed by atoms with van der Waals surface area (Å²) < 4.78 is 7.16. The summed E-state index contributed by atoms with van der Waals surface area (Å²) in [5, 5.41) is 0. The summed E-state index contributed by atoms with van der Waals surface area (Å²) >= 11 is 0. The van der Waals surface area contributed by atoms with Gasteiger partial charge in [-0.05, 0) is 32.2 Å². The van der Waals surface area contributed by atoms with Gasteiger partial charge in [0.2, 0.25) is 0 Å². The standard InChI is InChI=1S/C14H21N3O2/c1-19-14(18)11-3-2-6-16(8-11)9-13-7-15-10-17(13)12-4-5-12/h7,10-12H,2-6,8-9H2,1H3/t11-/m0/s1. The minimum Gasteiger partial charge on any atom is -0.469 e. The summed E-state index contributed by atoms with van der Waals surface area (Å²) in [4.78, 5) is 18.2. The Bertz CT molecular complexity index is 453. The van der Waals surface area contributed by atoms with Gasteiger partial charge in [-0.3, -0.25) is 9.69 Å². The van der Waals surface area contributed by atoms with Gasteiger partial charge in [0, 0.05) is 25.3 Å². The van der Waals surface area contributed by atoms with Crippen LogP contribution < -0.4 is 0 Å². The second kappa shape index (κ2) is 5.33. The number of carbonyl (C=O) groups is 1. The molecule has 0 amide bonds. The van der Waals surface area contributed by atoms with E-state index < -0.39 is 0 Å². The predicted molar refractivity (Wildman–Crippen MR) is 70.5 cm³/mol. The van der Waals surface area contributed by atoms with Crippen LogP contribution in [0.5, 0.6) is 0 Å². The van der Waals surface area contributed by atoms with Crippen LogP contribution in [-0.4, -0.2) is 40.6 Å². The topological polar surface area (TPSA) is 47.4 Å². The molecule has 1 atom stereocenters. The third-order valence-corrected chi connectivity index (χ3v) is 4.11. The number of rotatable bonds is 4. The lowest BCUT2D eigenvalue weighted by Crippen LogP contribution is -2.39. The monoisotopic (exact) mass is 263 g/mol. The van der Waals surface area contributed by atoms with Crippen LogP contribution in [0.15, 0.2) is 12.5 Å². The normalized spacial score (nSPS) is 24.4. The van der Waals surface area contributed by atoms with Crippen molar-refractivity contribution in [2.75, 3.05) is 20.2 Å². The lowest BCUT2D eigenvalue weighted by Gasteiger charge is -2.31. The fourth-order valence-corrected chi connectivity index (χ4v) is 2.92. The summed E-state index contributed by atoms with van der Waals surface area (Å²) in [6.45, 7) is 2.76. The van der Waals surface area contributed by atoms with Crippen molar-refractivity contribution in [3.05, 3.63) is 18.2 Å². The van der Waals surface area contributed by atoms with Crippen LogP contribution in [0.1, 0.15) is 37.4 Å². The SMILES string of the molecule is COC(=O)[C@H]1CCCN(Cc2cncn2C2CC2)C1. The third kappa shape index (κ3) is 2.81. The van der Waals surface area contributed by atoms with Crippen molar-refractivity contribution < 1.29 is 9.53 Å². The van der Waals surface area contributed by atoms with Crippen LogP contribution in [-0.2, 0) is 16.1 Å². The molecule has 104 valence electrons. The molecule has 2 fully saturated rings. The number of carbonyl (C=O) groups excluding carboxylic acids is 1. The molecule has 0 unspecified atom stereocenters. The molecule has 19 heavy (non-hydrogen) atoms. The molecule has 0 bridgehead atoms. The van der Waals surface area contributed by atoms with E-state index in [9.17, 15) is 4.79 Å². The number of imidazole rings is 1.